The van der Waals surface area contributed by atoms with Crippen LogP contribution in [0.15, 0.2) is 36.4 Å². The quantitative estimate of drug-likeness (QED) is 0.425. The number of aromatic nitrogens is 2. The summed E-state index contributed by atoms with van der Waals surface area (Å²) in [6.07, 6.45) is 3.08. The summed E-state index contributed by atoms with van der Waals surface area (Å²) in [6.45, 7) is 12.0. The van der Waals surface area contributed by atoms with Gasteiger partial charge in [-0.1, -0.05) is 49.2 Å². The molecule has 0 fully saturated rings. The van der Waals surface area contributed by atoms with E-state index < -0.39 is 0 Å². The van der Waals surface area contributed by atoms with E-state index in [0.29, 0.717) is 18.1 Å². The van der Waals surface area contributed by atoms with Crippen LogP contribution in [0.5, 0.6) is 0 Å². The van der Waals surface area contributed by atoms with Gasteiger partial charge in [0.05, 0.1) is 12.3 Å². The van der Waals surface area contributed by atoms with E-state index in [0.717, 1.165) is 51.9 Å². The van der Waals surface area contributed by atoms with Gasteiger partial charge < -0.3 is 5.32 Å². The minimum atomic E-state index is 0. The Labute approximate surface area is 183 Å². The molecule has 0 saturated carbocycles. The summed E-state index contributed by atoms with van der Waals surface area (Å²) in [4.78, 5) is 3.55. The van der Waals surface area contributed by atoms with Crippen LogP contribution >= 0.6 is 36.4 Å². The monoisotopic (exact) mass is 436 g/mol. The predicted molar refractivity (Wildman–Crippen MR) is 122 cm³/mol. The van der Waals surface area contributed by atoms with Gasteiger partial charge in [-0.15, -0.1) is 29.9 Å². The Kier molecular flexibility index (Phi) is 9.48. The first-order chi connectivity index (χ1) is 12.6. The molecule has 0 aliphatic carbocycles. The maximum absolute atomic E-state index is 7.29. The Hall–Kier alpha value is -2.06. The highest BCUT2D eigenvalue weighted by Gasteiger charge is 2.10. The summed E-state index contributed by atoms with van der Waals surface area (Å²) >= 11 is 6.21. The van der Waals surface area contributed by atoms with Crippen molar-refractivity contribution in [2.75, 3.05) is 5.32 Å². The molecule has 1 N–H and O–H groups in total. The van der Waals surface area contributed by atoms with Gasteiger partial charge in [-0.25, -0.2) is 4.85 Å². The summed E-state index contributed by atoms with van der Waals surface area (Å²) < 4.78 is 0. The first-order valence-corrected chi connectivity index (χ1v) is 9.16. The van der Waals surface area contributed by atoms with Crippen molar-refractivity contribution in [2.45, 2.75) is 39.7 Å². The van der Waals surface area contributed by atoms with E-state index in [9.17, 15) is 0 Å². The van der Waals surface area contributed by atoms with Crippen LogP contribution in [-0.2, 0) is 13.0 Å². The van der Waals surface area contributed by atoms with Gasteiger partial charge in [0.2, 0.25) is 0 Å². The normalized spacial score (nSPS) is 9.93. The summed E-state index contributed by atoms with van der Waals surface area (Å²) in [5.41, 5.74) is 3.73. The van der Waals surface area contributed by atoms with E-state index in [1.54, 1.807) is 0 Å². The first kappa shape index (κ1) is 24.0. The molecule has 28 heavy (non-hydrogen) atoms. The summed E-state index contributed by atoms with van der Waals surface area (Å²) in [5.74, 6) is 0.697. The highest BCUT2D eigenvalue weighted by molar-refractivity contribution is 6.31. The van der Waals surface area contributed by atoms with E-state index in [4.69, 9.17) is 18.2 Å². The number of nitrogens with one attached hydrogen (secondary N) is 1. The summed E-state index contributed by atoms with van der Waals surface area (Å²) in [6, 6.07) is 11.7. The van der Waals surface area contributed by atoms with Crippen molar-refractivity contribution in [3.8, 4) is 0 Å². The number of rotatable bonds is 6. The predicted octanol–water partition coefficient (Wildman–Crippen LogP) is 6.94. The SMILES string of the molecule is Cl.Cl.[C-]#[N+]c1ccc2c(CCCC)nnc(NCc3ccc(C)c(Cl)c3)c2c1. The molecule has 0 radical (unpaired) electrons. The molecule has 7 heteroatoms. The van der Waals surface area contributed by atoms with Crippen LogP contribution in [-0.4, -0.2) is 10.2 Å². The Morgan fingerprint density at radius 3 is 2.54 bits per heavy atom. The minimum absolute atomic E-state index is 0. The van der Waals surface area contributed by atoms with Crippen molar-refractivity contribution in [3.63, 3.8) is 0 Å². The largest absolute Gasteiger partial charge is 0.364 e. The molecule has 0 aliphatic rings. The third kappa shape index (κ3) is 5.48. The van der Waals surface area contributed by atoms with E-state index in [2.05, 4.69) is 27.3 Å². The van der Waals surface area contributed by atoms with Gasteiger partial charge in [-0.3, -0.25) is 0 Å². The Morgan fingerprint density at radius 2 is 1.86 bits per heavy atom. The molecule has 3 rings (SSSR count). The van der Waals surface area contributed by atoms with Crippen molar-refractivity contribution in [1.82, 2.24) is 10.2 Å². The number of halogens is 3. The van der Waals surface area contributed by atoms with Crippen LogP contribution in [0.25, 0.3) is 15.6 Å². The lowest BCUT2D eigenvalue weighted by molar-refractivity contribution is 0.767. The van der Waals surface area contributed by atoms with Gasteiger partial charge in [0.25, 0.3) is 0 Å². The second-order valence-electron chi connectivity index (χ2n) is 6.38. The molecule has 0 spiro atoms. The lowest BCUT2D eigenvalue weighted by Gasteiger charge is -2.12. The zero-order valence-electron chi connectivity index (χ0n) is 15.8. The van der Waals surface area contributed by atoms with Crippen LogP contribution in [0.4, 0.5) is 11.5 Å². The van der Waals surface area contributed by atoms with Crippen molar-refractivity contribution in [2.24, 2.45) is 0 Å². The van der Waals surface area contributed by atoms with Gasteiger partial charge in [0.15, 0.2) is 11.5 Å². The molecule has 4 nitrogen and oxygen atoms in total. The van der Waals surface area contributed by atoms with E-state index in [1.807, 2.05) is 43.3 Å². The van der Waals surface area contributed by atoms with Crippen molar-refractivity contribution < 1.29 is 0 Å². The van der Waals surface area contributed by atoms with Crippen LogP contribution in [0.2, 0.25) is 5.02 Å². The number of benzene rings is 2. The van der Waals surface area contributed by atoms with E-state index in [-0.39, 0.29) is 24.8 Å². The topological polar surface area (TPSA) is 42.2 Å². The van der Waals surface area contributed by atoms with E-state index >= 15 is 0 Å². The first-order valence-electron chi connectivity index (χ1n) is 8.78. The Morgan fingerprint density at radius 1 is 1.07 bits per heavy atom. The van der Waals surface area contributed by atoms with Gasteiger partial charge in [0, 0.05) is 22.3 Å². The molecule has 0 aliphatic heterocycles. The maximum atomic E-state index is 7.29. The maximum Gasteiger partial charge on any atom is 0.188 e. The number of aryl methyl sites for hydroxylation is 2. The fraction of sp³-hybridized carbons (Fsp3) is 0.286. The molecule has 0 unspecified atom stereocenters. The van der Waals surface area contributed by atoms with Crippen LogP contribution in [0, 0.1) is 13.5 Å². The van der Waals surface area contributed by atoms with Gasteiger partial charge in [-0.05, 0) is 43.0 Å². The molecular weight excluding hydrogens is 415 g/mol. The smallest absolute Gasteiger partial charge is 0.188 e. The molecule has 0 saturated heterocycles. The number of unbranched alkanes of at least 4 members (excludes halogenated alkanes) is 1. The average molecular weight is 438 g/mol. The second kappa shape index (κ2) is 11.1. The fourth-order valence-electron chi connectivity index (χ4n) is 2.86. The van der Waals surface area contributed by atoms with Crippen molar-refractivity contribution in [3.05, 3.63) is 69.7 Å². The average Bonchev–Trinajstić information content (AvgIpc) is 2.67. The number of anilines is 1. The molecule has 148 valence electrons. The molecule has 0 bridgehead atoms. The van der Waals surface area contributed by atoms with E-state index in [1.165, 1.54) is 0 Å². The van der Waals surface area contributed by atoms with Gasteiger partial charge in [-0.2, -0.15) is 5.10 Å². The molecule has 1 aromatic heterocycles. The van der Waals surface area contributed by atoms with Gasteiger partial charge >= 0.3 is 0 Å². The summed E-state index contributed by atoms with van der Waals surface area (Å²) in [7, 11) is 0. The second-order valence-corrected chi connectivity index (χ2v) is 6.78. The molecule has 2 aromatic carbocycles. The summed E-state index contributed by atoms with van der Waals surface area (Å²) in [5, 5.41) is 14.9. The molecule has 0 atom stereocenters. The Balaban J connectivity index is 0.00000196. The molecule has 1 heterocycles. The van der Waals surface area contributed by atoms with Crippen LogP contribution in [0.3, 0.4) is 0 Å². The standard InChI is InChI=1S/C21H21ClN4.2ClH/c1-4-5-6-20-17-10-9-16(23-3)12-18(17)21(26-25-20)24-13-15-8-7-14(2)19(22)11-15;;/h7-12H,4-6,13H2,1-2H3,(H,24,26);2*1H. The number of hydrogen-bond acceptors (Lipinski definition) is 3. The molecular formula is C21H23Cl3N4. The minimum Gasteiger partial charge on any atom is -0.364 e. The lowest BCUT2D eigenvalue weighted by atomic mass is 10.1. The number of hydrogen-bond donors (Lipinski definition) is 1. The third-order valence-electron chi connectivity index (χ3n) is 4.43. The highest BCUT2D eigenvalue weighted by Crippen LogP contribution is 2.29. The van der Waals surface area contributed by atoms with Crippen molar-refractivity contribution in [1.29, 1.82) is 0 Å². The zero-order valence-corrected chi connectivity index (χ0v) is 18.2. The molecule has 3 aromatic rings. The van der Waals surface area contributed by atoms with Crippen molar-refractivity contribution >= 4 is 58.7 Å². The van der Waals surface area contributed by atoms with Gasteiger partial charge in [0.1, 0.15) is 0 Å². The number of nitrogens with zero attached hydrogens (tertiary/aromatic N) is 3. The fourth-order valence-corrected chi connectivity index (χ4v) is 3.06. The number of fused-ring (bicyclic) bond motifs is 1. The van der Waals surface area contributed by atoms with Crippen LogP contribution < -0.4 is 5.32 Å². The zero-order chi connectivity index (χ0) is 18.5. The third-order valence-corrected chi connectivity index (χ3v) is 4.84. The highest BCUT2D eigenvalue weighted by atomic mass is 35.5. The Bertz CT molecular complexity index is 983. The lowest BCUT2D eigenvalue weighted by Crippen LogP contribution is -2.05. The van der Waals surface area contributed by atoms with Crippen LogP contribution in [0.1, 0.15) is 36.6 Å². The molecule has 0 amide bonds.